The monoisotopic (exact) mass is 319 g/mol. The van der Waals surface area contributed by atoms with Gasteiger partial charge in [-0.15, -0.1) is 0 Å². The van der Waals surface area contributed by atoms with E-state index in [1.54, 1.807) is 0 Å². The van der Waals surface area contributed by atoms with E-state index in [9.17, 15) is 12.8 Å². The van der Waals surface area contributed by atoms with Gasteiger partial charge in [-0.1, -0.05) is 6.92 Å². The first-order valence-corrected chi connectivity index (χ1v) is 8.22. The van der Waals surface area contributed by atoms with E-state index in [1.807, 2.05) is 13.8 Å². The lowest BCUT2D eigenvalue weighted by Crippen LogP contribution is -2.40. The molecule has 0 saturated heterocycles. The Morgan fingerprint density at radius 2 is 2.10 bits per heavy atom. The van der Waals surface area contributed by atoms with Crippen molar-refractivity contribution >= 4 is 10.0 Å². The summed E-state index contributed by atoms with van der Waals surface area (Å²) in [6.45, 7) is 3.65. The smallest absolute Gasteiger partial charge is 0.243 e. The highest BCUT2D eigenvalue weighted by atomic mass is 32.2. The standard InChI is InChI=1S/C14H22FNO4S/c1-4-11(2)16(7-8-20-3)21(18,19)13-5-6-14(15)12(9-13)10-17/h5-6,9,11,17H,4,7-8,10H2,1-3H3. The summed E-state index contributed by atoms with van der Waals surface area (Å²) in [5.41, 5.74) is -0.0353. The summed E-state index contributed by atoms with van der Waals surface area (Å²) >= 11 is 0. The van der Waals surface area contributed by atoms with Gasteiger partial charge in [-0.05, 0) is 31.5 Å². The fourth-order valence-corrected chi connectivity index (χ4v) is 3.67. The van der Waals surface area contributed by atoms with E-state index in [0.717, 1.165) is 6.07 Å². The summed E-state index contributed by atoms with van der Waals surface area (Å²) in [5.74, 6) is -0.622. The van der Waals surface area contributed by atoms with Crippen molar-refractivity contribution in [2.75, 3.05) is 20.3 Å². The van der Waals surface area contributed by atoms with Crippen LogP contribution in [0.3, 0.4) is 0 Å². The minimum absolute atomic E-state index is 0.0237. The molecule has 0 spiro atoms. The van der Waals surface area contributed by atoms with Crippen molar-refractivity contribution in [1.82, 2.24) is 4.31 Å². The molecule has 0 aliphatic rings. The molecule has 1 aromatic rings. The second-order valence-corrected chi connectivity index (χ2v) is 6.67. The highest BCUT2D eigenvalue weighted by Gasteiger charge is 2.28. The predicted octanol–water partition coefficient (Wildman–Crippen LogP) is 1.75. The molecule has 1 rings (SSSR count). The van der Waals surface area contributed by atoms with Crippen LogP contribution in [0, 0.1) is 5.82 Å². The quantitative estimate of drug-likeness (QED) is 0.793. The van der Waals surface area contributed by atoms with Crippen molar-refractivity contribution in [2.24, 2.45) is 0 Å². The molecule has 5 nitrogen and oxygen atoms in total. The Labute approximate surface area is 125 Å². The number of hydrogen-bond donors (Lipinski definition) is 1. The maximum atomic E-state index is 13.4. The van der Waals surface area contributed by atoms with E-state index in [-0.39, 0.29) is 29.7 Å². The van der Waals surface area contributed by atoms with E-state index in [1.165, 1.54) is 23.5 Å². The zero-order chi connectivity index (χ0) is 16.0. The number of ether oxygens (including phenoxy) is 1. The van der Waals surface area contributed by atoms with E-state index in [0.29, 0.717) is 6.42 Å². The third-order valence-electron chi connectivity index (χ3n) is 3.39. The van der Waals surface area contributed by atoms with Gasteiger partial charge in [0.1, 0.15) is 5.82 Å². The Kier molecular flexibility index (Phi) is 6.73. The van der Waals surface area contributed by atoms with Gasteiger partial charge in [0.2, 0.25) is 10.0 Å². The van der Waals surface area contributed by atoms with Crippen LogP contribution < -0.4 is 0 Å². The van der Waals surface area contributed by atoms with Crippen molar-refractivity contribution in [2.45, 2.75) is 37.8 Å². The molecule has 0 heterocycles. The Balaban J connectivity index is 3.21. The topological polar surface area (TPSA) is 66.8 Å². The molecule has 0 aliphatic carbocycles. The van der Waals surface area contributed by atoms with Crippen LogP contribution in [-0.4, -0.2) is 44.1 Å². The third-order valence-corrected chi connectivity index (χ3v) is 5.40. The van der Waals surface area contributed by atoms with Gasteiger partial charge in [0, 0.05) is 25.3 Å². The summed E-state index contributed by atoms with van der Waals surface area (Å²) in [7, 11) is -2.26. The van der Waals surface area contributed by atoms with Crippen LogP contribution in [0.25, 0.3) is 0 Å². The van der Waals surface area contributed by atoms with Gasteiger partial charge in [-0.25, -0.2) is 12.8 Å². The highest BCUT2D eigenvalue weighted by molar-refractivity contribution is 7.89. The minimum atomic E-state index is -3.76. The molecule has 0 bridgehead atoms. The number of methoxy groups -OCH3 is 1. The first-order valence-electron chi connectivity index (χ1n) is 6.78. The summed E-state index contributed by atoms with van der Waals surface area (Å²) in [6.07, 6.45) is 0.650. The zero-order valence-electron chi connectivity index (χ0n) is 12.5. The number of halogens is 1. The maximum absolute atomic E-state index is 13.4. The van der Waals surface area contributed by atoms with Crippen molar-refractivity contribution in [3.8, 4) is 0 Å². The molecule has 1 N–H and O–H groups in total. The van der Waals surface area contributed by atoms with Crippen LogP contribution >= 0.6 is 0 Å². The lowest BCUT2D eigenvalue weighted by molar-refractivity contribution is 0.167. The molecule has 120 valence electrons. The molecule has 0 radical (unpaired) electrons. The molecule has 0 saturated carbocycles. The van der Waals surface area contributed by atoms with Crippen LogP contribution in [0.4, 0.5) is 4.39 Å². The number of sulfonamides is 1. The average molecular weight is 319 g/mol. The lowest BCUT2D eigenvalue weighted by atomic mass is 10.2. The van der Waals surface area contributed by atoms with Crippen molar-refractivity contribution < 1.29 is 22.7 Å². The van der Waals surface area contributed by atoms with Crippen molar-refractivity contribution in [1.29, 1.82) is 0 Å². The number of nitrogens with zero attached hydrogens (tertiary/aromatic N) is 1. The number of aliphatic hydroxyl groups excluding tert-OH is 1. The second-order valence-electron chi connectivity index (χ2n) is 4.78. The van der Waals surface area contributed by atoms with E-state index < -0.39 is 22.4 Å². The molecule has 0 amide bonds. The molecule has 0 aromatic heterocycles. The normalized spacial score (nSPS) is 13.6. The van der Waals surface area contributed by atoms with Gasteiger partial charge in [-0.2, -0.15) is 4.31 Å². The fraction of sp³-hybridized carbons (Fsp3) is 0.571. The maximum Gasteiger partial charge on any atom is 0.243 e. The average Bonchev–Trinajstić information content (AvgIpc) is 2.47. The zero-order valence-corrected chi connectivity index (χ0v) is 13.4. The molecule has 0 fully saturated rings. The number of aliphatic hydroxyl groups is 1. The molecule has 1 atom stereocenters. The first kappa shape index (κ1) is 18.0. The summed E-state index contributed by atoms with van der Waals surface area (Å²) < 4.78 is 45.1. The predicted molar refractivity (Wildman–Crippen MR) is 77.8 cm³/mol. The molecule has 21 heavy (non-hydrogen) atoms. The summed E-state index contributed by atoms with van der Waals surface area (Å²) in [5, 5.41) is 9.08. The third kappa shape index (κ3) is 4.23. The summed E-state index contributed by atoms with van der Waals surface area (Å²) in [6, 6.07) is 3.25. The Morgan fingerprint density at radius 3 is 2.62 bits per heavy atom. The fourth-order valence-electron chi connectivity index (χ4n) is 1.93. The highest BCUT2D eigenvalue weighted by Crippen LogP contribution is 2.22. The van der Waals surface area contributed by atoms with Gasteiger partial charge in [0.15, 0.2) is 0 Å². The Bertz CT molecular complexity index is 562. The van der Waals surface area contributed by atoms with Gasteiger partial charge in [0.25, 0.3) is 0 Å². The van der Waals surface area contributed by atoms with Crippen LogP contribution in [0.1, 0.15) is 25.8 Å². The molecular formula is C14H22FNO4S. The largest absolute Gasteiger partial charge is 0.392 e. The second kappa shape index (κ2) is 7.84. The SMILES string of the molecule is CCC(C)N(CCOC)S(=O)(=O)c1ccc(F)c(CO)c1. The summed E-state index contributed by atoms with van der Waals surface area (Å²) in [4.78, 5) is -0.0237. The Hall–Kier alpha value is -1.02. The van der Waals surface area contributed by atoms with Crippen LogP contribution in [0.5, 0.6) is 0 Å². The molecule has 1 aromatic carbocycles. The number of hydrogen-bond acceptors (Lipinski definition) is 4. The lowest BCUT2D eigenvalue weighted by Gasteiger charge is -2.27. The van der Waals surface area contributed by atoms with Gasteiger partial charge >= 0.3 is 0 Å². The molecule has 1 unspecified atom stereocenters. The molecular weight excluding hydrogens is 297 g/mol. The van der Waals surface area contributed by atoms with Crippen LogP contribution in [0.15, 0.2) is 23.1 Å². The van der Waals surface area contributed by atoms with Gasteiger partial charge < -0.3 is 9.84 Å². The van der Waals surface area contributed by atoms with Crippen LogP contribution in [-0.2, 0) is 21.4 Å². The first-order chi connectivity index (χ1) is 9.88. The van der Waals surface area contributed by atoms with Gasteiger partial charge in [-0.3, -0.25) is 0 Å². The van der Waals surface area contributed by atoms with E-state index in [4.69, 9.17) is 9.84 Å². The van der Waals surface area contributed by atoms with E-state index >= 15 is 0 Å². The van der Waals surface area contributed by atoms with Crippen LogP contribution in [0.2, 0.25) is 0 Å². The van der Waals surface area contributed by atoms with Gasteiger partial charge in [0.05, 0.1) is 18.1 Å². The van der Waals surface area contributed by atoms with E-state index in [2.05, 4.69) is 0 Å². The molecule has 7 heteroatoms. The number of rotatable bonds is 8. The van der Waals surface area contributed by atoms with Crippen molar-refractivity contribution in [3.63, 3.8) is 0 Å². The minimum Gasteiger partial charge on any atom is -0.392 e. The molecule has 0 aliphatic heterocycles. The number of benzene rings is 1. The van der Waals surface area contributed by atoms with Crippen molar-refractivity contribution in [3.05, 3.63) is 29.6 Å². The Morgan fingerprint density at radius 1 is 1.43 bits per heavy atom.